The van der Waals surface area contributed by atoms with Crippen LogP contribution in [0.1, 0.15) is 31.1 Å². The summed E-state index contributed by atoms with van der Waals surface area (Å²) in [5, 5.41) is 10.3. The van der Waals surface area contributed by atoms with Gasteiger partial charge in [-0.25, -0.2) is 8.78 Å². The molecule has 0 saturated heterocycles. The number of hydrogen-bond acceptors (Lipinski definition) is 2. The van der Waals surface area contributed by atoms with Gasteiger partial charge in [-0.3, -0.25) is 0 Å². The van der Waals surface area contributed by atoms with E-state index in [0.29, 0.717) is 11.3 Å². The molecule has 2 aromatic rings. The van der Waals surface area contributed by atoms with E-state index in [4.69, 9.17) is 16.3 Å². The van der Waals surface area contributed by atoms with E-state index in [0.717, 1.165) is 12.1 Å². The number of hydrogen-bond donors (Lipinski definition) is 1. The topological polar surface area (TPSA) is 29.5 Å². The van der Waals surface area contributed by atoms with E-state index in [1.54, 1.807) is 24.3 Å². The number of benzene rings is 2. The number of ether oxygens (including phenoxy) is 1. The Morgan fingerprint density at radius 3 is 2.43 bits per heavy atom. The van der Waals surface area contributed by atoms with Gasteiger partial charge in [0.05, 0.1) is 6.10 Å². The highest BCUT2D eigenvalue weighted by Gasteiger charge is 2.18. The maximum Gasteiger partial charge on any atom is 0.160 e. The first kappa shape index (κ1) is 15.7. The van der Waals surface area contributed by atoms with Gasteiger partial charge in [-0.15, -0.1) is 0 Å². The third-order valence-corrected chi connectivity index (χ3v) is 3.21. The van der Waals surface area contributed by atoms with Gasteiger partial charge in [-0.2, -0.15) is 0 Å². The van der Waals surface area contributed by atoms with Crippen molar-refractivity contribution in [2.75, 3.05) is 0 Å². The molecular weight excluding hydrogens is 298 g/mol. The zero-order valence-electron chi connectivity index (χ0n) is 11.6. The predicted molar refractivity (Wildman–Crippen MR) is 77.6 cm³/mol. The van der Waals surface area contributed by atoms with Crippen LogP contribution in [-0.2, 0) is 0 Å². The normalized spacial score (nSPS) is 12.5. The summed E-state index contributed by atoms with van der Waals surface area (Å²) in [4.78, 5) is 0. The van der Waals surface area contributed by atoms with Crippen molar-refractivity contribution < 1.29 is 18.6 Å². The lowest BCUT2D eigenvalue weighted by Gasteiger charge is -2.16. The summed E-state index contributed by atoms with van der Waals surface area (Å²) < 4.78 is 31.9. The number of halogens is 3. The first-order valence-corrected chi connectivity index (χ1v) is 6.85. The Balaban J connectivity index is 2.36. The van der Waals surface area contributed by atoms with Crippen LogP contribution in [0.4, 0.5) is 8.78 Å². The molecule has 2 nitrogen and oxygen atoms in total. The second-order valence-corrected chi connectivity index (χ2v) is 5.34. The largest absolute Gasteiger partial charge is 0.491 e. The van der Waals surface area contributed by atoms with Crippen molar-refractivity contribution in [3.63, 3.8) is 0 Å². The van der Waals surface area contributed by atoms with Crippen LogP contribution in [0.2, 0.25) is 5.02 Å². The standard InChI is InChI=1S/C16H15ClF2O2/c1-9(2)21-11-5-3-4-10(6-11)16(20)12-7-14(18)15(19)8-13(12)17/h3-9,16,20H,1-2H3. The maximum atomic E-state index is 13.3. The van der Waals surface area contributed by atoms with Gasteiger partial charge >= 0.3 is 0 Å². The van der Waals surface area contributed by atoms with Crippen LogP contribution in [0.5, 0.6) is 5.75 Å². The first-order valence-electron chi connectivity index (χ1n) is 6.47. The average molecular weight is 313 g/mol. The minimum atomic E-state index is -1.16. The Morgan fingerprint density at radius 1 is 1.10 bits per heavy atom. The molecule has 1 unspecified atom stereocenters. The lowest BCUT2D eigenvalue weighted by Crippen LogP contribution is -2.07. The number of aliphatic hydroxyl groups is 1. The molecule has 112 valence electrons. The van der Waals surface area contributed by atoms with Gasteiger partial charge in [-0.05, 0) is 43.7 Å². The molecule has 0 aliphatic rings. The molecule has 0 amide bonds. The third kappa shape index (κ3) is 3.71. The molecule has 1 atom stereocenters. The lowest BCUT2D eigenvalue weighted by molar-refractivity contribution is 0.216. The maximum absolute atomic E-state index is 13.3. The van der Waals surface area contributed by atoms with Crippen molar-refractivity contribution in [3.8, 4) is 5.75 Å². The second-order valence-electron chi connectivity index (χ2n) is 4.93. The summed E-state index contributed by atoms with van der Waals surface area (Å²) in [7, 11) is 0. The van der Waals surface area contributed by atoms with Crippen LogP contribution in [0.15, 0.2) is 36.4 Å². The fourth-order valence-electron chi connectivity index (χ4n) is 1.96. The highest BCUT2D eigenvalue weighted by Crippen LogP contribution is 2.31. The van der Waals surface area contributed by atoms with Crippen LogP contribution in [0.25, 0.3) is 0 Å². The second kappa shape index (κ2) is 6.41. The molecule has 0 aromatic heterocycles. The van der Waals surface area contributed by atoms with Crippen molar-refractivity contribution in [1.82, 2.24) is 0 Å². The van der Waals surface area contributed by atoms with E-state index in [1.165, 1.54) is 0 Å². The summed E-state index contributed by atoms with van der Waals surface area (Å²) in [5.74, 6) is -1.52. The Labute approximate surface area is 126 Å². The Kier molecular flexibility index (Phi) is 4.80. The van der Waals surface area contributed by atoms with E-state index < -0.39 is 17.7 Å². The van der Waals surface area contributed by atoms with Crippen LogP contribution >= 0.6 is 11.6 Å². The molecule has 2 aromatic carbocycles. The monoisotopic (exact) mass is 312 g/mol. The highest BCUT2D eigenvalue weighted by molar-refractivity contribution is 6.31. The predicted octanol–water partition coefficient (Wildman–Crippen LogP) is 4.49. The third-order valence-electron chi connectivity index (χ3n) is 2.88. The molecule has 0 bridgehead atoms. The van der Waals surface area contributed by atoms with Crippen LogP contribution < -0.4 is 4.74 Å². The molecule has 0 radical (unpaired) electrons. The summed E-state index contributed by atoms with van der Waals surface area (Å²) in [6.45, 7) is 3.77. The van der Waals surface area contributed by atoms with E-state index in [9.17, 15) is 13.9 Å². The van der Waals surface area contributed by atoms with Crippen molar-refractivity contribution in [3.05, 3.63) is 64.2 Å². The minimum absolute atomic E-state index is 0.00996. The molecule has 0 aliphatic heterocycles. The van der Waals surface area contributed by atoms with Gasteiger partial charge < -0.3 is 9.84 Å². The van der Waals surface area contributed by atoms with E-state index in [-0.39, 0.29) is 16.7 Å². The fraction of sp³-hybridized carbons (Fsp3) is 0.250. The van der Waals surface area contributed by atoms with Gasteiger partial charge in [0.1, 0.15) is 11.9 Å². The molecule has 0 saturated carbocycles. The molecular formula is C16H15ClF2O2. The van der Waals surface area contributed by atoms with Crippen LogP contribution in [0, 0.1) is 11.6 Å². The van der Waals surface area contributed by atoms with Crippen molar-refractivity contribution in [1.29, 1.82) is 0 Å². The van der Waals surface area contributed by atoms with E-state index in [1.807, 2.05) is 13.8 Å². The molecule has 5 heteroatoms. The SMILES string of the molecule is CC(C)Oc1cccc(C(O)c2cc(F)c(F)cc2Cl)c1. The molecule has 0 heterocycles. The van der Waals surface area contributed by atoms with Gasteiger partial charge in [0.25, 0.3) is 0 Å². The van der Waals surface area contributed by atoms with Gasteiger partial charge in [0.2, 0.25) is 0 Å². The summed E-state index contributed by atoms with van der Waals surface area (Å²) in [5.41, 5.74) is 0.596. The number of rotatable bonds is 4. The zero-order valence-corrected chi connectivity index (χ0v) is 12.4. The lowest BCUT2D eigenvalue weighted by atomic mass is 10.0. The summed E-state index contributed by atoms with van der Waals surface area (Å²) in [6.07, 6.45) is -1.17. The highest BCUT2D eigenvalue weighted by atomic mass is 35.5. The van der Waals surface area contributed by atoms with Gasteiger partial charge in [0.15, 0.2) is 11.6 Å². The molecule has 0 aliphatic carbocycles. The minimum Gasteiger partial charge on any atom is -0.491 e. The average Bonchev–Trinajstić information content (AvgIpc) is 2.41. The molecule has 0 spiro atoms. The molecule has 0 fully saturated rings. The number of aliphatic hydroxyl groups excluding tert-OH is 1. The first-order chi connectivity index (χ1) is 9.88. The van der Waals surface area contributed by atoms with Crippen molar-refractivity contribution >= 4 is 11.6 Å². The van der Waals surface area contributed by atoms with Crippen molar-refractivity contribution in [2.45, 2.75) is 26.1 Å². The van der Waals surface area contributed by atoms with E-state index >= 15 is 0 Å². The summed E-state index contributed by atoms with van der Waals surface area (Å²) in [6, 6.07) is 8.52. The Bertz CT molecular complexity index is 644. The fourth-order valence-corrected chi connectivity index (χ4v) is 2.21. The molecule has 1 N–H and O–H groups in total. The van der Waals surface area contributed by atoms with Crippen LogP contribution in [0.3, 0.4) is 0 Å². The Morgan fingerprint density at radius 2 is 1.76 bits per heavy atom. The molecule has 21 heavy (non-hydrogen) atoms. The van der Waals surface area contributed by atoms with Crippen LogP contribution in [-0.4, -0.2) is 11.2 Å². The van der Waals surface area contributed by atoms with E-state index in [2.05, 4.69) is 0 Å². The zero-order chi connectivity index (χ0) is 15.6. The van der Waals surface area contributed by atoms with Gasteiger partial charge in [-0.1, -0.05) is 23.7 Å². The quantitative estimate of drug-likeness (QED) is 0.843. The molecule has 2 rings (SSSR count). The van der Waals surface area contributed by atoms with Gasteiger partial charge in [0, 0.05) is 10.6 Å². The summed E-state index contributed by atoms with van der Waals surface area (Å²) >= 11 is 5.87. The smallest absolute Gasteiger partial charge is 0.160 e. The van der Waals surface area contributed by atoms with Crippen molar-refractivity contribution in [2.24, 2.45) is 0 Å². The Hall–Kier alpha value is -1.65.